The summed E-state index contributed by atoms with van der Waals surface area (Å²) in [5.74, 6) is -1.37. The van der Waals surface area contributed by atoms with Gasteiger partial charge in [0.15, 0.2) is 17.1 Å². The molecule has 0 aliphatic carbocycles. The first-order valence-electron chi connectivity index (χ1n) is 12.3. The molecular weight excluding hydrogens is 514 g/mol. The summed E-state index contributed by atoms with van der Waals surface area (Å²) in [6.07, 6.45) is -8.24. The van der Waals surface area contributed by atoms with Crippen LogP contribution in [-0.4, -0.2) is 79.6 Å². The van der Waals surface area contributed by atoms with Crippen LogP contribution in [0, 0.1) is 5.92 Å². The second-order valence-corrected chi connectivity index (χ2v) is 9.89. The number of carboxylic acids is 1. The van der Waals surface area contributed by atoms with Gasteiger partial charge in [0.1, 0.15) is 41.8 Å². The monoisotopic (exact) mass is 545 g/mol. The van der Waals surface area contributed by atoms with Crippen molar-refractivity contribution in [3.8, 4) is 22.6 Å². The molecule has 3 aromatic rings. The first-order chi connectivity index (χ1) is 18.4. The number of benzene rings is 2. The molecule has 0 unspecified atom stereocenters. The highest BCUT2D eigenvalue weighted by atomic mass is 16.7. The number of aliphatic hydroxyl groups is 4. The molecule has 0 saturated carbocycles. The van der Waals surface area contributed by atoms with E-state index in [1.54, 1.807) is 12.1 Å². The fourth-order valence-electron chi connectivity index (χ4n) is 4.34. The predicted octanol–water partition coefficient (Wildman–Crippen LogP) is 0.761. The van der Waals surface area contributed by atoms with Gasteiger partial charge in [-0.05, 0) is 48.7 Å². The van der Waals surface area contributed by atoms with E-state index in [9.17, 15) is 40.2 Å². The average molecular weight is 546 g/mol. The molecule has 210 valence electrons. The molecular formula is C27H31NO11. The van der Waals surface area contributed by atoms with E-state index in [1.807, 2.05) is 13.8 Å². The number of aliphatic hydroxyl groups excluding tert-OH is 3. The van der Waals surface area contributed by atoms with Crippen LogP contribution in [0.15, 0.2) is 57.9 Å². The van der Waals surface area contributed by atoms with Gasteiger partial charge < -0.3 is 44.5 Å². The van der Waals surface area contributed by atoms with Gasteiger partial charge in [-0.15, -0.1) is 0 Å². The Kier molecular flexibility index (Phi) is 8.25. The first-order valence-corrected chi connectivity index (χ1v) is 12.3. The minimum Gasteiger partial charge on any atom is -0.508 e. The number of nitrogens with one attached hydrogen (secondary N) is 1. The molecule has 0 bridgehead atoms. The van der Waals surface area contributed by atoms with E-state index < -0.39 is 42.4 Å². The van der Waals surface area contributed by atoms with Crippen molar-refractivity contribution in [2.24, 2.45) is 5.92 Å². The Morgan fingerprint density at radius 1 is 1.15 bits per heavy atom. The minimum absolute atomic E-state index is 0.0404. The van der Waals surface area contributed by atoms with Crippen LogP contribution < -0.4 is 15.5 Å². The summed E-state index contributed by atoms with van der Waals surface area (Å²) < 4.78 is 16.6. The summed E-state index contributed by atoms with van der Waals surface area (Å²) in [4.78, 5) is 24.7. The lowest BCUT2D eigenvalue weighted by Crippen LogP contribution is -2.75. The molecule has 1 fully saturated rings. The average Bonchev–Trinajstić information content (AvgIpc) is 2.89. The Labute approximate surface area is 222 Å². The molecule has 1 aliphatic rings. The summed E-state index contributed by atoms with van der Waals surface area (Å²) in [7, 11) is 0. The van der Waals surface area contributed by atoms with Crippen LogP contribution >= 0.6 is 0 Å². The number of hydrogen-bond acceptors (Lipinski definition) is 11. The van der Waals surface area contributed by atoms with Crippen LogP contribution in [-0.2, 0) is 9.53 Å². The van der Waals surface area contributed by atoms with E-state index in [0.29, 0.717) is 12.0 Å². The number of carbonyl (C=O) groups is 1. The molecule has 0 amide bonds. The topological polar surface area (TPSA) is 199 Å². The highest BCUT2D eigenvalue weighted by Gasteiger charge is 2.61. The van der Waals surface area contributed by atoms with Gasteiger partial charge >= 0.3 is 5.97 Å². The van der Waals surface area contributed by atoms with Crippen molar-refractivity contribution in [3.05, 3.63) is 59.0 Å². The van der Waals surface area contributed by atoms with Gasteiger partial charge in [0.2, 0.25) is 6.29 Å². The third-order valence-corrected chi connectivity index (χ3v) is 6.66. The third-order valence-electron chi connectivity index (χ3n) is 6.66. The highest BCUT2D eigenvalue weighted by molar-refractivity contribution is 5.82. The lowest BCUT2D eigenvalue weighted by atomic mass is 9.84. The number of fused-ring (bicyclic) bond motifs is 1. The van der Waals surface area contributed by atoms with Crippen LogP contribution in [0.1, 0.15) is 20.3 Å². The van der Waals surface area contributed by atoms with Gasteiger partial charge in [0, 0.05) is 6.07 Å². The Balaban J connectivity index is 1.66. The number of phenolic OH excluding ortho intramolecular Hbond substituents is 1. The van der Waals surface area contributed by atoms with Crippen LogP contribution in [0.25, 0.3) is 22.1 Å². The van der Waals surface area contributed by atoms with Gasteiger partial charge in [-0.25, -0.2) is 4.79 Å². The highest BCUT2D eigenvalue weighted by Crippen LogP contribution is 2.35. The SMILES string of the molecule is CC(C)CCN[C@H](O)[C@@]1(O)[C@H](Oc2ccc3c(=O)c(-c4ccc(O)cc4)coc3c2)O[C@H](C(=O)O)[C@@H](O)[C@@H]1O. The summed E-state index contributed by atoms with van der Waals surface area (Å²) in [5.41, 5.74) is -2.20. The number of rotatable bonds is 9. The minimum atomic E-state index is -2.69. The zero-order valence-electron chi connectivity index (χ0n) is 21.2. The Morgan fingerprint density at radius 3 is 2.49 bits per heavy atom. The second-order valence-electron chi connectivity index (χ2n) is 9.89. The lowest BCUT2D eigenvalue weighted by molar-refractivity contribution is -0.338. The first kappa shape index (κ1) is 28.5. The summed E-state index contributed by atoms with van der Waals surface area (Å²) >= 11 is 0. The maximum Gasteiger partial charge on any atom is 0.335 e. The molecule has 1 aliphatic heterocycles. The molecule has 0 radical (unpaired) electrons. The lowest BCUT2D eigenvalue weighted by Gasteiger charge is -2.48. The maximum absolute atomic E-state index is 13.1. The van der Waals surface area contributed by atoms with Gasteiger partial charge in [-0.1, -0.05) is 26.0 Å². The fraction of sp³-hybridized carbons (Fsp3) is 0.407. The summed E-state index contributed by atoms with van der Waals surface area (Å²) in [5, 5.41) is 64.9. The molecule has 6 atom stereocenters. The van der Waals surface area contributed by atoms with Crippen LogP contribution in [0.3, 0.4) is 0 Å². The molecule has 12 heteroatoms. The standard InChI is InChI=1S/C27H31NO11/c1-13(2)9-10-28-25(35)27(36)23(32)21(31)22(24(33)34)39-26(27)38-16-7-8-17-19(11-16)37-12-18(20(17)30)14-3-5-15(29)6-4-14/h3-8,11-13,21-23,25-26,28-29,31-32,35-36H,9-10H2,1-2H3,(H,33,34)/t21-,22+,23+,25-,26-,27-/m1/s1. The number of ether oxygens (including phenoxy) is 2. The number of aliphatic carboxylic acids is 1. The van der Waals surface area contributed by atoms with Crippen molar-refractivity contribution in [2.45, 2.75) is 56.7 Å². The third kappa shape index (κ3) is 5.62. The Hall–Kier alpha value is -3.52. The number of aromatic hydroxyl groups is 1. The largest absolute Gasteiger partial charge is 0.508 e. The molecule has 2 heterocycles. The van der Waals surface area contributed by atoms with Crippen LogP contribution in [0.4, 0.5) is 0 Å². The molecule has 4 rings (SSSR count). The molecule has 1 aromatic heterocycles. The van der Waals surface area contributed by atoms with E-state index >= 15 is 0 Å². The van der Waals surface area contributed by atoms with E-state index in [1.165, 1.54) is 36.6 Å². The van der Waals surface area contributed by atoms with Gasteiger partial charge in [-0.2, -0.15) is 0 Å². The zero-order valence-corrected chi connectivity index (χ0v) is 21.2. The van der Waals surface area contributed by atoms with Crippen molar-refractivity contribution in [1.29, 1.82) is 0 Å². The quantitative estimate of drug-likeness (QED) is 0.187. The normalized spacial score (nSPS) is 26.0. The van der Waals surface area contributed by atoms with E-state index in [0.717, 1.165) is 0 Å². The van der Waals surface area contributed by atoms with Crippen molar-refractivity contribution in [3.63, 3.8) is 0 Å². The number of hydrogen-bond donors (Lipinski definition) is 7. The van der Waals surface area contributed by atoms with Crippen molar-refractivity contribution < 1.29 is 49.3 Å². The molecule has 2 aromatic carbocycles. The molecule has 1 saturated heterocycles. The molecule has 0 spiro atoms. The van der Waals surface area contributed by atoms with Crippen LogP contribution in [0.5, 0.6) is 11.5 Å². The van der Waals surface area contributed by atoms with E-state index in [-0.39, 0.29) is 45.9 Å². The van der Waals surface area contributed by atoms with Crippen LogP contribution in [0.2, 0.25) is 0 Å². The fourth-order valence-corrected chi connectivity index (χ4v) is 4.34. The maximum atomic E-state index is 13.1. The zero-order chi connectivity index (χ0) is 28.5. The molecule has 39 heavy (non-hydrogen) atoms. The van der Waals surface area contributed by atoms with Gasteiger partial charge in [0.25, 0.3) is 0 Å². The van der Waals surface area contributed by atoms with E-state index in [2.05, 4.69) is 5.32 Å². The summed E-state index contributed by atoms with van der Waals surface area (Å²) in [6, 6.07) is 10.0. The molecule has 7 N–H and O–H groups in total. The predicted molar refractivity (Wildman–Crippen MR) is 137 cm³/mol. The van der Waals surface area contributed by atoms with Gasteiger partial charge in [0.05, 0.1) is 10.9 Å². The Morgan fingerprint density at radius 2 is 1.85 bits per heavy atom. The Bertz CT molecular complexity index is 1370. The van der Waals surface area contributed by atoms with E-state index in [4.69, 9.17) is 13.9 Å². The second kappa shape index (κ2) is 11.3. The smallest absolute Gasteiger partial charge is 0.335 e. The summed E-state index contributed by atoms with van der Waals surface area (Å²) in [6.45, 7) is 4.12. The van der Waals surface area contributed by atoms with Gasteiger partial charge in [-0.3, -0.25) is 10.1 Å². The number of phenols is 1. The number of carboxylic acid groups (broad SMARTS) is 1. The van der Waals surface area contributed by atoms with Crippen molar-refractivity contribution in [2.75, 3.05) is 6.54 Å². The molecule has 12 nitrogen and oxygen atoms in total. The van der Waals surface area contributed by atoms with Crippen molar-refractivity contribution >= 4 is 16.9 Å². The van der Waals surface area contributed by atoms with Crippen molar-refractivity contribution in [1.82, 2.24) is 5.32 Å².